The molecule has 7 nitrogen and oxygen atoms in total. The first-order chi connectivity index (χ1) is 11.7. The number of piperidine rings is 1. The van der Waals surface area contributed by atoms with Crippen LogP contribution in [0, 0.1) is 5.92 Å². The lowest BCUT2D eigenvalue weighted by atomic mass is 9.98. The number of ether oxygens (including phenoxy) is 1. The average Bonchev–Trinajstić information content (AvgIpc) is 2.61. The van der Waals surface area contributed by atoms with Gasteiger partial charge in [0.15, 0.2) is 0 Å². The second-order valence-electron chi connectivity index (χ2n) is 5.85. The van der Waals surface area contributed by atoms with E-state index in [-0.39, 0.29) is 11.9 Å². The molecule has 0 atom stereocenters. The second kappa shape index (κ2) is 9.89. The Balaban J connectivity index is 1.74. The molecule has 1 aromatic carbocycles. The van der Waals surface area contributed by atoms with E-state index in [1.165, 1.54) is 0 Å². The number of anilines is 1. The van der Waals surface area contributed by atoms with Crippen molar-refractivity contribution >= 4 is 17.6 Å². The highest BCUT2D eigenvalue weighted by Crippen LogP contribution is 2.11. The largest absolute Gasteiger partial charge is 0.383 e. The van der Waals surface area contributed by atoms with E-state index in [2.05, 4.69) is 21.3 Å². The van der Waals surface area contributed by atoms with Gasteiger partial charge in [-0.1, -0.05) is 0 Å². The quantitative estimate of drug-likeness (QED) is 0.564. The van der Waals surface area contributed by atoms with Gasteiger partial charge in [0.05, 0.1) is 6.61 Å². The summed E-state index contributed by atoms with van der Waals surface area (Å²) in [6.45, 7) is 3.66. The van der Waals surface area contributed by atoms with Gasteiger partial charge in [0.25, 0.3) is 5.91 Å². The summed E-state index contributed by atoms with van der Waals surface area (Å²) in [5, 5.41) is 11.7. The molecule has 2 rings (SSSR count). The summed E-state index contributed by atoms with van der Waals surface area (Å²) in [5.41, 5.74) is 1.21. The molecule has 1 aromatic rings. The molecule has 1 aliphatic rings. The van der Waals surface area contributed by atoms with Crippen LogP contribution in [0.15, 0.2) is 24.3 Å². The summed E-state index contributed by atoms with van der Waals surface area (Å²) in [7, 11) is 1.59. The molecule has 0 aliphatic carbocycles. The summed E-state index contributed by atoms with van der Waals surface area (Å²) in [4.78, 5) is 23.8. The molecule has 132 valence electrons. The molecule has 0 saturated carbocycles. The van der Waals surface area contributed by atoms with Crippen molar-refractivity contribution in [2.75, 3.05) is 45.2 Å². The Morgan fingerprint density at radius 1 is 1.17 bits per heavy atom. The zero-order valence-corrected chi connectivity index (χ0v) is 14.1. The highest BCUT2D eigenvalue weighted by Gasteiger charge is 2.14. The molecule has 1 fully saturated rings. The Hall–Kier alpha value is -2.12. The van der Waals surface area contributed by atoms with Crippen LogP contribution < -0.4 is 21.3 Å². The second-order valence-corrected chi connectivity index (χ2v) is 5.85. The van der Waals surface area contributed by atoms with E-state index >= 15 is 0 Å². The molecule has 1 saturated heterocycles. The summed E-state index contributed by atoms with van der Waals surface area (Å²) in [6.07, 6.45) is 2.18. The first-order valence-corrected chi connectivity index (χ1v) is 8.32. The molecule has 4 N–H and O–H groups in total. The van der Waals surface area contributed by atoms with Crippen LogP contribution in [0.3, 0.4) is 0 Å². The van der Waals surface area contributed by atoms with Crippen molar-refractivity contribution in [2.45, 2.75) is 12.8 Å². The fourth-order valence-electron chi connectivity index (χ4n) is 2.57. The van der Waals surface area contributed by atoms with Crippen molar-refractivity contribution in [1.82, 2.24) is 16.0 Å². The number of amides is 3. The Kier molecular flexibility index (Phi) is 7.51. The molecule has 1 aliphatic heterocycles. The molecule has 7 heteroatoms. The van der Waals surface area contributed by atoms with Gasteiger partial charge in [-0.25, -0.2) is 4.79 Å². The van der Waals surface area contributed by atoms with Crippen molar-refractivity contribution in [3.05, 3.63) is 29.8 Å². The van der Waals surface area contributed by atoms with E-state index < -0.39 is 0 Å². The van der Waals surface area contributed by atoms with Crippen molar-refractivity contribution in [3.63, 3.8) is 0 Å². The van der Waals surface area contributed by atoms with Crippen LogP contribution in [0.2, 0.25) is 0 Å². The van der Waals surface area contributed by atoms with E-state index in [0.29, 0.717) is 36.9 Å². The van der Waals surface area contributed by atoms with Crippen LogP contribution in [-0.4, -0.2) is 51.8 Å². The standard InChI is InChI=1S/C17H26N4O3/c1-24-11-10-19-16(22)14-2-4-15(5-3-14)21-17(23)20-12-13-6-8-18-9-7-13/h2-5,13,18H,6-12H2,1H3,(H,19,22)(H2,20,21,23). The normalized spacial score (nSPS) is 14.9. The van der Waals surface area contributed by atoms with E-state index in [4.69, 9.17) is 4.74 Å². The van der Waals surface area contributed by atoms with Crippen LogP contribution >= 0.6 is 0 Å². The Morgan fingerprint density at radius 3 is 2.54 bits per heavy atom. The fourth-order valence-corrected chi connectivity index (χ4v) is 2.57. The number of rotatable bonds is 7. The zero-order valence-electron chi connectivity index (χ0n) is 14.1. The molecule has 0 radical (unpaired) electrons. The summed E-state index contributed by atoms with van der Waals surface area (Å²) in [5.74, 6) is 0.379. The third kappa shape index (κ3) is 6.17. The van der Waals surface area contributed by atoms with Crippen LogP contribution in [0.4, 0.5) is 10.5 Å². The average molecular weight is 334 g/mol. The van der Waals surface area contributed by atoms with Crippen molar-refractivity contribution in [1.29, 1.82) is 0 Å². The fraction of sp³-hybridized carbons (Fsp3) is 0.529. The predicted molar refractivity (Wildman–Crippen MR) is 93.3 cm³/mol. The van der Waals surface area contributed by atoms with Crippen molar-refractivity contribution in [3.8, 4) is 0 Å². The van der Waals surface area contributed by atoms with Gasteiger partial charge >= 0.3 is 6.03 Å². The summed E-state index contributed by atoms with van der Waals surface area (Å²) < 4.78 is 4.89. The lowest BCUT2D eigenvalue weighted by Crippen LogP contribution is -2.37. The maximum absolute atomic E-state index is 11.9. The minimum absolute atomic E-state index is 0.158. The van der Waals surface area contributed by atoms with Crippen LogP contribution in [0.1, 0.15) is 23.2 Å². The monoisotopic (exact) mass is 334 g/mol. The highest BCUT2D eigenvalue weighted by molar-refractivity contribution is 5.95. The van der Waals surface area contributed by atoms with E-state index in [1.807, 2.05) is 0 Å². The van der Waals surface area contributed by atoms with Crippen molar-refractivity contribution in [2.24, 2.45) is 5.92 Å². The van der Waals surface area contributed by atoms with Crippen LogP contribution in [-0.2, 0) is 4.74 Å². The number of carbonyl (C=O) groups is 2. The van der Waals surface area contributed by atoms with Gasteiger partial charge < -0.3 is 26.0 Å². The topological polar surface area (TPSA) is 91.5 Å². The molecular formula is C17H26N4O3. The minimum atomic E-state index is -0.217. The number of nitrogens with one attached hydrogen (secondary N) is 4. The Labute approximate surface area is 142 Å². The van der Waals surface area contributed by atoms with E-state index in [9.17, 15) is 9.59 Å². The smallest absolute Gasteiger partial charge is 0.319 e. The first-order valence-electron chi connectivity index (χ1n) is 8.32. The number of methoxy groups -OCH3 is 1. The lowest BCUT2D eigenvalue weighted by Gasteiger charge is -2.22. The number of hydrogen-bond donors (Lipinski definition) is 4. The molecule has 0 aromatic heterocycles. The third-order valence-corrected chi connectivity index (χ3v) is 4.01. The SMILES string of the molecule is COCCNC(=O)c1ccc(NC(=O)NCC2CCNCC2)cc1. The van der Waals surface area contributed by atoms with E-state index in [1.54, 1.807) is 31.4 Å². The predicted octanol–water partition coefficient (Wildman–Crippen LogP) is 1.18. The zero-order chi connectivity index (χ0) is 17.2. The Bertz CT molecular complexity index is 527. The van der Waals surface area contributed by atoms with Gasteiger partial charge in [0.2, 0.25) is 0 Å². The van der Waals surface area contributed by atoms with Gasteiger partial charge in [-0.2, -0.15) is 0 Å². The maximum atomic E-state index is 11.9. The number of hydrogen-bond acceptors (Lipinski definition) is 4. The highest BCUT2D eigenvalue weighted by atomic mass is 16.5. The van der Waals surface area contributed by atoms with Gasteiger partial charge in [0, 0.05) is 31.5 Å². The number of urea groups is 1. The maximum Gasteiger partial charge on any atom is 0.319 e. The Morgan fingerprint density at radius 2 is 1.88 bits per heavy atom. The van der Waals surface area contributed by atoms with Gasteiger partial charge in [-0.05, 0) is 56.1 Å². The molecular weight excluding hydrogens is 308 g/mol. The van der Waals surface area contributed by atoms with Gasteiger partial charge in [-0.3, -0.25) is 4.79 Å². The van der Waals surface area contributed by atoms with Crippen LogP contribution in [0.5, 0.6) is 0 Å². The molecule has 24 heavy (non-hydrogen) atoms. The number of carbonyl (C=O) groups excluding carboxylic acids is 2. The minimum Gasteiger partial charge on any atom is -0.383 e. The lowest BCUT2D eigenvalue weighted by molar-refractivity contribution is 0.0937. The van der Waals surface area contributed by atoms with Crippen molar-refractivity contribution < 1.29 is 14.3 Å². The molecule has 1 heterocycles. The molecule has 0 bridgehead atoms. The summed E-state index contributed by atoms with van der Waals surface area (Å²) in [6, 6.07) is 6.59. The summed E-state index contributed by atoms with van der Waals surface area (Å²) >= 11 is 0. The third-order valence-electron chi connectivity index (χ3n) is 4.01. The van der Waals surface area contributed by atoms with Gasteiger partial charge in [0.1, 0.15) is 0 Å². The first kappa shape index (κ1) is 18.2. The van der Waals surface area contributed by atoms with E-state index in [0.717, 1.165) is 25.9 Å². The van der Waals surface area contributed by atoms with Crippen LogP contribution in [0.25, 0.3) is 0 Å². The van der Waals surface area contributed by atoms with Gasteiger partial charge in [-0.15, -0.1) is 0 Å². The molecule has 0 spiro atoms. The number of benzene rings is 1. The molecule has 0 unspecified atom stereocenters. The molecule has 3 amide bonds.